The fourth-order valence-corrected chi connectivity index (χ4v) is 7.55. The van der Waals surface area contributed by atoms with Crippen LogP contribution < -0.4 is 0 Å². The number of halogens is 3. The SMILES string of the molecule is COCCCN1C[C@@]2(CC[C@H]3c4ccc(cc4C(=O)c4cccc(C(F)(F)F)c4)C[C@@H](O)CCC(C)=CCC[C@@]32C)OC1=O. The number of ether oxygens (including phenoxy) is 2. The Labute approximate surface area is 257 Å². The Balaban J connectivity index is 1.60. The summed E-state index contributed by atoms with van der Waals surface area (Å²) in [5.41, 5.74) is 0.786. The summed E-state index contributed by atoms with van der Waals surface area (Å²) in [7, 11) is 1.63. The molecule has 2 fully saturated rings. The monoisotopic (exact) mass is 613 g/mol. The van der Waals surface area contributed by atoms with Gasteiger partial charge in [-0.15, -0.1) is 0 Å². The molecule has 1 N–H and O–H groups in total. The third kappa shape index (κ3) is 6.31. The highest BCUT2D eigenvalue weighted by atomic mass is 19.4. The first-order chi connectivity index (χ1) is 20.9. The first-order valence-corrected chi connectivity index (χ1v) is 15.5. The van der Waals surface area contributed by atoms with Crippen molar-refractivity contribution in [3.05, 3.63) is 81.9 Å². The lowest BCUT2D eigenvalue weighted by Gasteiger charge is -2.43. The molecule has 4 atom stereocenters. The molecule has 1 saturated heterocycles. The molecule has 6 rings (SSSR count). The molecule has 9 heteroatoms. The highest BCUT2D eigenvalue weighted by Gasteiger charge is 2.63. The average Bonchev–Trinajstić information content (AvgIpc) is 3.45. The van der Waals surface area contributed by atoms with Gasteiger partial charge in [0.2, 0.25) is 0 Å². The van der Waals surface area contributed by atoms with E-state index >= 15 is 0 Å². The number of amides is 1. The van der Waals surface area contributed by atoms with Crippen molar-refractivity contribution in [2.45, 2.75) is 89.0 Å². The van der Waals surface area contributed by atoms with E-state index in [9.17, 15) is 27.9 Å². The van der Waals surface area contributed by atoms with E-state index in [0.29, 0.717) is 63.8 Å². The molecule has 0 aromatic heterocycles. The molecule has 1 amide bonds. The van der Waals surface area contributed by atoms with E-state index in [0.717, 1.165) is 36.1 Å². The van der Waals surface area contributed by atoms with Crippen LogP contribution in [-0.2, 0) is 22.1 Å². The van der Waals surface area contributed by atoms with Gasteiger partial charge >= 0.3 is 12.3 Å². The van der Waals surface area contributed by atoms with Gasteiger partial charge in [0.15, 0.2) is 5.78 Å². The van der Waals surface area contributed by atoms with E-state index in [1.165, 1.54) is 17.7 Å². The van der Waals surface area contributed by atoms with Gasteiger partial charge in [0.25, 0.3) is 0 Å². The second-order valence-corrected chi connectivity index (χ2v) is 13.0. The number of methoxy groups -OCH3 is 1. The fourth-order valence-electron chi connectivity index (χ4n) is 7.55. The van der Waals surface area contributed by atoms with Gasteiger partial charge in [-0.05, 0) is 93.5 Å². The number of benzene rings is 2. The maximum Gasteiger partial charge on any atom is 0.416 e. The maximum absolute atomic E-state index is 14.1. The van der Waals surface area contributed by atoms with Gasteiger partial charge in [-0.25, -0.2) is 4.79 Å². The average molecular weight is 614 g/mol. The second kappa shape index (κ2) is 12.7. The predicted octanol–water partition coefficient (Wildman–Crippen LogP) is 7.47. The number of nitrogens with zero attached hydrogens (tertiary/aromatic N) is 1. The number of fused-ring (bicyclic) bond motifs is 8. The number of hydrogen-bond acceptors (Lipinski definition) is 5. The number of aliphatic hydroxyl groups excluding tert-OH is 1. The minimum atomic E-state index is -4.58. The van der Waals surface area contributed by atoms with Gasteiger partial charge in [0.1, 0.15) is 5.60 Å². The van der Waals surface area contributed by atoms with Crippen LogP contribution in [0.1, 0.15) is 97.3 Å². The Morgan fingerprint density at radius 2 is 1.95 bits per heavy atom. The van der Waals surface area contributed by atoms with Crippen LogP contribution >= 0.6 is 0 Å². The number of rotatable bonds is 6. The lowest BCUT2D eigenvalue weighted by atomic mass is 9.64. The number of hydrogen-bond donors (Lipinski definition) is 1. The molecule has 0 unspecified atom stereocenters. The zero-order valence-corrected chi connectivity index (χ0v) is 25.7. The third-order valence-electron chi connectivity index (χ3n) is 10.1. The lowest BCUT2D eigenvalue weighted by molar-refractivity contribution is -0.137. The molecule has 2 aromatic rings. The van der Waals surface area contributed by atoms with Crippen LogP contribution in [0.4, 0.5) is 18.0 Å². The van der Waals surface area contributed by atoms with Crippen LogP contribution in [0.15, 0.2) is 54.1 Å². The van der Waals surface area contributed by atoms with E-state index < -0.39 is 34.6 Å². The minimum Gasteiger partial charge on any atom is -0.440 e. The number of allylic oxidation sites excluding steroid dienone is 2. The Kier molecular flexibility index (Phi) is 9.29. The van der Waals surface area contributed by atoms with Gasteiger partial charge in [0.05, 0.1) is 18.2 Å². The van der Waals surface area contributed by atoms with E-state index in [4.69, 9.17) is 9.47 Å². The fraction of sp³-hybridized carbons (Fsp3) is 0.543. The summed E-state index contributed by atoms with van der Waals surface area (Å²) in [6.07, 6.45) is 1.63. The molecule has 3 aliphatic carbocycles. The van der Waals surface area contributed by atoms with E-state index in [1.54, 1.807) is 18.1 Å². The summed E-state index contributed by atoms with van der Waals surface area (Å²) < 4.78 is 52.3. The lowest BCUT2D eigenvalue weighted by Crippen LogP contribution is -2.48. The van der Waals surface area contributed by atoms with Gasteiger partial charge in [-0.1, -0.05) is 42.8 Å². The Bertz CT molecular complexity index is 1420. The number of carbonyl (C=O) groups excluding carboxylic acids is 2. The Morgan fingerprint density at radius 1 is 1.16 bits per heavy atom. The standard InChI is InChI=1S/C35H42F3NO5/c1-23-7-5-15-33(2)30(14-16-34(33)22-39(32(42)44-34)17-6-18-43-3)28-13-11-24(19-27(40)12-10-23)20-29(28)31(41)25-8-4-9-26(21-25)35(36,37)38/h4,7-9,11,13,20-21,27,30,40H,5-6,10,12,14-19,22H2,1-3H3/t27-,30-,33-,34+/m0/s1. The highest BCUT2D eigenvalue weighted by molar-refractivity contribution is 6.10. The van der Waals surface area contributed by atoms with E-state index in [2.05, 4.69) is 19.9 Å². The van der Waals surface area contributed by atoms with E-state index in [1.807, 2.05) is 12.1 Å². The van der Waals surface area contributed by atoms with Crippen LogP contribution in [0, 0.1) is 5.41 Å². The molecule has 0 radical (unpaired) electrons. The van der Waals surface area contributed by atoms with Gasteiger partial charge in [-0.2, -0.15) is 13.2 Å². The number of alkyl halides is 3. The maximum atomic E-state index is 14.1. The summed E-state index contributed by atoms with van der Waals surface area (Å²) in [5.74, 6) is -0.673. The van der Waals surface area contributed by atoms with Crippen molar-refractivity contribution in [3.8, 4) is 0 Å². The van der Waals surface area contributed by atoms with Crippen molar-refractivity contribution in [3.63, 3.8) is 0 Å². The van der Waals surface area contributed by atoms with Gasteiger partial charge < -0.3 is 19.5 Å². The van der Waals surface area contributed by atoms with Gasteiger partial charge in [0, 0.05) is 36.8 Å². The second-order valence-electron chi connectivity index (χ2n) is 13.0. The molecule has 1 saturated carbocycles. The van der Waals surface area contributed by atoms with Crippen molar-refractivity contribution in [2.24, 2.45) is 5.41 Å². The van der Waals surface area contributed by atoms with Crippen molar-refractivity contribution >= 4 is 11.9 Å². The minimum absolute atomic E-state index is 0.0375. The number of carbonyl (C=O) groups is 2. The van der Waals surface area contributed by atoms with Crippen LogP contribution in [0.25, 0.3) is 0 Å². The molecule has 44 heavy (non-hydrogen) atoms. The molecule has 1 aliphatic heterocycles. The molecule has 1 heterocycles. The molecule has 1 spiro atoms. The predicted molar refractivity (Wildman–Crippen MR) is 161 cm³/mol. The molecule has 2 aromatic carbocycles. The molecule has 6 nitrogen and oxygen atoms in total. The highest BCUT2D eigenvalue weighted by Crippen LogP contribution is 2.61. The van der Waals surface area contributed by atoms with Crippen molar-refractivity contribution in [1.82, 2.24) is 4.90 Å². The number of aliphatic hydroxyl groups is 1. The summed E-state index contributed by atoms with van der Waals surface area (Å²) >= 11 is 0. The topological polar surface area (TPSA) is 76.1 Å². The molecular weight excluding hydrogens is 571 g/mol. The Hall–Kier alpha value is -3.17. The normalized spacial score (nSPS) is 27.7. The molecular formula is C35H42F3NO5. The zero-order chi connectivity index (χ0) is 31.7. The van der Waals surface area contributed by atoms with Crippen LogP contribution in [0.5, 0.6) is 0 Å². The van der Waals surface area contributed by atoms with E-state index in [-0.39, 0.29) is 17.6 Å². The Morgan fingerprint density at radius 3 is 2.70 bits per heavy atom. The largest absolute Gasteiger partial charge is 0.440 e. The van der Waals surface area contributed by atoms with Crippen LogP contribution in [0.2, 0.25) is 0 Å². The molecule has 2 bridgehead atoms. The summed E-state index contributed by atoms with van der Waals surface area (Å²) in [6, 6.07) is 10.1. The smallest absolute Gasteiger partial charge is 0.416 e. The van der Waals surface area contributed by atoms with Crippen LogP contribution in [0.3, 0.4) is 0 Å². The summed E-state index contributed by atoms with van der Waals surface area (Å²) in [6.45, 7) is 5.69. The van der Waals surface area contributed by atoms with Crippen molar-refractivity contribution in [1.29, 1.82) is 0 Å². The third-order valence-corrected chi connectivity index (χ3v) is 10.1. The molecule has 4 aliphatic rings. The molecule has 238 valence electrons. The van der Waals surface area contributed by atoms with Crippen LogP contribution in [-0.4, -0.2) is 60.4 Å². The quantitative estimate of drug-likeness (QED) is 0.208. The van der Waals surface area contributed by atoms with Crippen molar-refractivity contribution in [2.75, 3.05) is 26.8 Å². The van der Waals surface area contributed by atoms with Crippen molar-refractivity contribution < 1.29 is 37.3 Å². The first kappa shape index (κ1) is 32.2. The summed E-state index contributed by atoms with van der Waals surface area (Å²) in [4.78, 5) is 29.0. The summed E-state index contributed by atoms with van der Waals surface area (Å²) in [5, 5.41) is 10.8. The first-order valence-electron chi connectivity index (χ1n) is 15.5. The zero-order valence-electron chi connectivity index (χ0n) is 25.7. The van der Waals surface area contributed by atoms with Gasteiger partial charge in [-0.3, -0.25) is 4.79 Å². The number of ketones is 1.